The van der Waals surface area contributed by atoms with E-state index in [9.17, 15) is 14.7 Å². The van der Waals surface area contributed by atoms with Crippen LogP contribution in [0.3, 0.4) is 0 Å². The molecule has 0 saturated carbocycles. The molecule has 1 amide bonds. The van der Waals surface area contributed by atoms with Gasteiger partial charge in [-0.25, -0.2) is 0 Å². The van der Waals surface area contributed by atoms with Gasteiger partial charge in [0.1, 0.15) is 5.75 Å². The lowest BCUT2D eigenvalue weighted by molar-refractivity contribution is -0.140. The molecule has 25 heavy (non-hydrogen) atoms. The van der Waals surface area contributed by atoms with E-state index in [0.717, 1.165) is 16.7 Å². The van der Waals surface area contributed by atoms with Gasteiger partial charge in [0.05, 0.1) is 25.1 Å². The molecule has 0 spiro atoms. The van der Waals surface area contributed by atoms with E-state index in [4.69, 9.17) is 4.74 Å². The van der Waals surface area contributed by atoms with E-state index in [0.29, 0.717) is 17.9 Å². The minimum Gasteiger partial charge on any atom is -0.495 e. The minimum absolute atomic E-state index is 0.228. The smallest absolute Gasteiger partial charge is 0.304 e. The number of aryl methyl sites for hydroxylation is 2. The van der Waals surface area contributed by atoms with E-state index in [2.05, 4.69) is 5.32 Å². The molecule has 0 radical (unpaired) electrons. The van der Waals surface area contributed by atoms with Crippen LogP contribution >= 0.6 is 0 Å². The highest BCUT2D eigenvalue weighted by atomic mass is 16.5. The summed E-state index contributed by atoms with van der Waals surface area (Å²) < 4.78 is 5.23. The van der Waals surface area contributed by atoms with Crippen LogP contribution in [0.15, 0.2) is 42.5 Å². The Labute approximate surface area is 147 Å². The molecule has 0 heterocycles. The molecule has 2 aromatic carbocycles. The maximum absolute atomic E-state index is 12.7. The lowest BCUT2D eigenvalue weighted by Crippen LogP contribution is -2.27. The van der Waals surface area contributed by atoms with E-state index in [1.807, 2.05) is 32.0 Å². The molecule has 1 atom stereocenters. The lowest BCUT2D eigenvalue weighted by atomic mass is 9.93. The van der Waals surface area contributed by atoms with Gasteiger partial charge in [-0.3, -0.25) is 9.59 Å². The van der Waals surface area contributed by atoms with E-state index in [-0.39, 0.29) is 12.3 Å². The van der Waals surface area contributed by atoms with Gasteiger partial charge in [-0.05, 0) is 38.0 Å². The Morgan fingerprint density at radius 3 is 2.36 bits per heavy atom. The summed E-state index contributed by atoms with van der Waals surface area (Å²) in [4.78, 5) is 23.9. The second-order valence-electron chi connectivity index (χ2n) is 6.18. The maximum atomic E-state index is 12.7. The number of methoxy groups -OCH3 is 1. The van der Waals surface area contributed by atoms with Crippen LogP contribution < -0.4 is 10.1 Å². The van der Waals surface area contributed by atoms with Crippen LogP contribution in [0.1, 0.15) is 23.1 Å². The highest BCUT2D eigenvalue weighted by Crippen LogP contribution is 2.25. The number of carbonyl (C=O) groups is 2. The molecular weight excluding hydrogens is 318 g/mol. The molecule has 0 saturated heterocycles. The number of amides is 1. The highest BCUT2D eigenvalue weighted by Gasteiger charge is 2.23. The number of anilines is 1. The topological polar surface area (TPSA) is 75.6 Å². The van der Waals surface area contributed by atoms with E-state index >= 15 is 0 Å². The molecule has 0 bridgehead atoms. The van der Waals surface area contributed by atoms with Gasteiger partial charge in [0, 0.05) is 0 Å². The van der Waals surface area contributed by atoms with Crippen molar-refractivity contribution in [3.05, 3.63) is 59.2 Å². The number of benzene rings is 2. The van der Waals surface area contributed by atoms with Gasteiger partial charge in [0.2, 0.25) is 5.91 Å². The van der Waals surface area contributed by atoms with Crippen molar-refractivity contribution >= 4 is 17.6 Å². The van der Waals surface area contributed by atoms with Crippen LogP contribution in [-0.4, -0.2) is 24.1 Å². The minimum atomic E-state index is -0.996. The van der Waals surface area contributed by atoms with Gasteiger partial charge < -0.3 is 15.2 Å². The first kappa shape index (κ1) is 18.5. The van der Waals surface area contributed by atoms with Gasteiger partial charge >= 0.3 is 5.97 Å². The SMILES string of the molecule is COc1ccccc1NC(=O)[C@H](CC(=O)O)Cc1cc(C)cc(C)c1. The summed E-state index contributed by atoms with van der Waals surface area (Å²) >= 11 is 0. The molecule has 5 nitrogen and oxygen atoms in total. The summed E-state index contributed by atoms with van der Waals surface area (Å²) in [7, 11) is 1.52. The van der Waals surface area contributed by atoms with Crippen LogP contribution in [0.25, 0.3) is 0 Å². The quantitative estimate of drug-likeness (QED) is 0.807. The molecular formula is C20H23NO4. The Morgan fingerprint density at radius 2 is 1.76 bits per heavy atom. The van der Waals surface area contributed by atoms with Crippen molar-refractivity contribution in [3.8, 4) is 5.75 Å². The average molecular weight is 341 g/mol. The van der Waals surface area contributed by atoms with Crippen LogP contribution in [0.4, 0.5) is 5.69 Å². The Morgan fingerprint density at radius 1 is 1.12 bits per heavy atom. The number of para-hydroxylation sites is 2. The number of aliphatic carboxylic acids is 1. The van der Waals surface area contributed by atoms with Crippen LogP contribution in [-0.2, 0) is 16.0 Å². The van der Waals surface area contributed by atoms with Crippen molar-refractivity contribution in [2.45, 2.75) is 26.7 Å². The first-order valence-corrected chi connectivity index (χ1v) is 8.12. The fraction of sp³-hybridized carbons (Fsp3) is 0.300. The summed E-state index contributed by atoms with van der Waals surface area (Å²) in [6.45, 7) is 3.97. The number of hydrogen-bond donors (Lipinski definition) is 2. The zero-order chi connectivity index (χ0) is 18.4. The first-order chi connectivity index (χ1) is 11.9. The van der Waals surface area contributed by atoms with Crippen LogP contribution in [0.5, 0.6) is 5.75 Å². The average Bonchev–Trinajstić information content (AvgIpc) is 2.53. The Bertz CT molecular complexity index is 750. The third-order valence-electron chi connectivity index (χ3n) is 3.92. The number of rotatable bonds is 7. The summed E-state index contributed by atoms with van der Waals surface area (Å²) in [5.41, 5.74) is 3.67. The second-order valence-corrected chi connectivity index (χ2v) is 6.18. The predicted molar refractivity (Wildman–Crippen MR) is 97.0 cm³/mol. The third kappa shape index (κ3) is 5.35. The Kier molecular flexibility index (Phi) is 6.17. The molecule has 2 N–H and O–H groups in total. The van der Waals surface area contributed by atoms with Crippen molar-refractivity contribution in [1.29, 1.82) is 0 Å². The van der Waals surface area contributed by atoms with Crippen LogP contribution in [0, 0.1) is 19.8 Å². The zero-order valence-electron chi connectivity index (χ0n) is 14.7. The molecule has 132 valence electrons. The van der Waals surface area contributed by atoms with Crippen molar-refractivity contribution in [1.82, 2.24) is 0 Å². The van der Waals surface area contributed by atoms with E-state index in [1.54, 1.807) is 24.3 Å². The summed E-state index contributed by atoms with van der Waals surface area (Å²) in [6.07, 6.45) is 0.143. The molecule has 0 aliphatic heterocycles. The number of ether oxygens (including phenoxy) is 1. The predicted octanol–water partition coefficient (Wildman–Crippen LogP) is 3.58. The van der Waals surface area contributed by atoms with E-state index in [1.165, 1.54) is 7.11 Å². The van der Waals surface area contributed by atoms with Crippen molar-refractivity contribution in [2.24, 2.45) is 5.92 Å². The Balaban J connectivity index is 2.21. The fourth-order valence-corrected chi connectivity index (χ4v) is 2.92. The van der Waals surface area contributed by atoms with Gasteiger partial charge in [0.15, 0.2) is 0 Å². The highest BCUT2D eigenvalue weighted by molar-refractivity contribution is 5.95. The van der Waals surface area contributed by atoms with Crippen molar-refractivity contribution in [2.75, 3.05) is 12.4 Å². The Hall–Kier alpha value is -2.82. The fourth-order valence-electron chi connectivity index (χ4n) is 2.92. The number of carbonyl (C=O) groups excluding carboxylic acids is 1. The molecule has 0 aromatic heterocycles. The number of nitrogens with one attached hydrogen (secondary N) is 1. The monoisotopic (exact) mass is 341 g/mol. The van der Waals surface area contributed by atoms with Gasteiger partial charge in [-0.15, -0.1) is 0 Å². The van der Waals surface area contributed by atoms with Crippen molar-refractivity contribution in [3.63, 3.8) is 0 Å². The molecule has 0 unspecified atom stereocenters. The molecule has 2 rings (SSSR count). The number of hydrogen-bond acceptors (Lipinski definition) is 3. The normalized spacial score (nSPS) is 11.6. The number of carboxylic acid groups (broad SMARTS) is 1. The maximum Gasteiger partial charge on any atom is 0.304 e. The largest absolute Gasteiger partial charge is 0.495 e. The number of carboxylic acids is 1. The summed E-state index contributed by atoms with van der Waals surface area (Å²) in [6, 6.07) is 13.1. The van der Waals surface area contributed by atoms with Crippen LogP contribution in [0.2, 0.25) is 0 Å². The second kappa shape index (κ2) is 8.33. The summed E-state index contributed by atoms with van der Waals surface area (Å²) in [5.74, 6) is -1.45. The molecule has 2 aromatic rings. The molecule has 0 aliphatic carbocycles. The molecule has 0 aliphatic rings. The molecule has 0 fully saturated rings. The van der Waals surface area contributed by atoms with E-state index < -0.39 is 11.9 Å². The van der Waals surface area contributed by atoms with Gasteiger partial charge in [-0.2, -0.15) is 0 Å². The van der Waals surface area contributed by atoms with Gasteiger partial charge in [0.25, 0.3) is 0 Å². The third-order valence-corrected chi connectivity index (χ3v) is 3.92. The zero-order valence-corrected chi connectivity index (χ0v) is 14.7. The molecule has 5 heteroatoms. The lowest BCUT2D eigenvalue weighted by Gasteiger charge is -2.17. The first-order valence-electron chi connectivity index (χ1n) is 8.12. The summed E-state index contributed by atoms with van der Waals surface area (Å²) in [5, 5.41) is 12.0. The van der Waals surface area contributed by atoms with Gasteiger partial charge in [-0.1, -0.05) is 41.5 Å². The van der Waals surface area contributed by atoms with Crippen molar-refractivity contribution < 1.29 is 19.4 Å². The standard InChI is InChI=1S/C20H23NO4/c1-13-8-14(2)10-15(9-13)11-16(12-19(22)23)20(24)21-17-6-4-5-7-18(17)25-3/h4-10,16H,11-12H2,1-3H3,(H,21,24)(H,22,23)/t16-/m0/s1.